The summed E-state index contributed by atoms with van der Waals surface area (Å²) in [4.78, 5) is 31.7. The molecule has 3 heterocycles. The highest BCUT2D eigenvalue weighted by molar-refractivity contribution is 6.06. The number of pyridine rings is 1. The molecule has 1 aliphatic rings. The first kappa shape index (κ1) is 23.5. The second kappa shape index (κ2) is 10.2. The molecule has 0 unspecified atom stereocenters. The fourth-order valence-electron chi connectivity index (χ4n) is 4.51. The Balaban J connectivity index is 1.46. The molecule has 2 aromatic carbocycles. The number of carbonyl (C=O) groups is 2. The number of nitrogens with one attached hydrogen (secondary N) is 1. The van der Waals surface area contributed by atoms with Crippen LogP contribution in [0.5, 0.6) is 0 Å². The van der Waals surface area contributed by atoms with Gasteiger partial charge in [0.15, 0.2) is 5.65 Å². The first-order valence-corrected chi connectivity index (χ1v) is 11.8. The molecular formula is C27H26FN5O3. The van der Waals surface area contributed by atoms with Crippen molar-refractivity contribution in [2.75, 3.05) is 20.2 Å². The quantitative estimate of drug-likeness (QED) is 0.455. The molecule has 184 valence electrons. The molecule has 1 aliphatic heterocycles. The van der Waals surface area contributed by atoms with Crippen LogP contribution in [0.25, 0.3) is 22.3 Å². The van der Waals surface area contributed by atoms with Crippen LogP contribution in [0.2, 0.25) is 0 Å². The molecule has 0 bridgehead atoms. The minimum absolute atomic E-state index is 0.0656. The Morgan fingerprint density at radius 2 is 1.86 bits per heavy atom. The van der Waals surface area contributed by atoms with E-state index in [0.29, 0.717) is 54.8 Å². The number of hydrogen-bond donors (Lipinski definition) is 1. The molecule has 0 atom stereocenters. The van der Waals surface area contributed by atoms with Gasteiger partial charge in [-0.05, 0) is 36.6 Å². The molecule has 0 aliphatic carbocycles. The number of likely N-dealkylation sites (tertiary alicyclic amines) is 1. The minimum Gasteiger partial charge on any atom is -0.453 e. The van der Waals surface area contributed by atoms with E-state index in [1.54, 1.807) is 27.9 Å². The molecule has 1 saturated heterocycles. The Morgan fingerprint density at radius 1 is 1.08 bits per heavy atom. The van der Waals surface area contributed by atoms with E-state index in [-0.39, 0.29) is 23.9 Å². The van der Waals surface area contributed by atoms with Gasteiger partial charge in [0, 0.05) is 24.7 Å². The van der Waals surface area contributed by atoms with Crippen molar-refractivity contribution in [3.05, 3.63) is 83.8 Å². The summed E-state index contributed by atoms with van der Waals surface area (Å²) in [5.74, 6) is -0.540. The number of halogens is 1. The van der Waals surface area contributed by atoms with E-state index in [2.05, 4.69) is 10.4 Å². The van der Waals surface area contributed by atoms with Gasteiger partial charge in [0.25, 0.3) is 5.91 Å². The van der Waals surface area contributed by atoms with Crippen LogP contribution in [-0.2, 0) is 11.3 Å². The fraction of sp³-hybridized carbons (Fsp3) is 0.259. The number of fused-ring (bicyclic) bond motifs is 1. The molecule has 2 amide bonds. The summed E-state index contributed by atoms with van der Waals surface area (Å²) in [5, 5.41) is 8.22. The van der Waals surface area contributed by atoms with Crippen molar-refractivity contribution in [2.24, 2.45) is 0 Å². The Morgan fingerprint density at radius 3 is 2.58 bits per heavy atom. The number of rotatable bonds is 5. The molecule has 4 aromatic rings. The second-order valence-corrected chi connectivity index (χ2v) is 8.80. The van der Waals surface area contributed by atoms with E-state index >= 15 is 0 Å². The lowest BCUT2D eigenvalue weighted by Gasteiger charge is -2.31. The first-order chi connectivity index (χ1) is 17.5. The summed E-state index contributed by atoms with van der Waals surface area (Å²) in [7, 11) is 1.36. The maximum Gasteiger partial charge on any atom is 0.409 e. The Labute approximate surface area is 207 Å². The smallest absolute Gasteiger partial charge is 0.409 e. The predicted octanol–water partition coefficient (Wildman–Crippen LogP) is 4.25. The molecule has 8 nitrogen and oxygen atoms in total. The lowest BCUT2D eigenvalue weighted by atomic mass is 10.0. The Bertz CT molecular complexity index is 1400. The number of carbonyl (C=O) groups excluding carboxylic acids is 2. The molecule has 1 N–H and O–H groups in total. The van der Waals surface area contributed by atoms with Gasteiger partial charge in [-0.15, -0.1) is 0 Å². The monoisotopic (exact) mass is 487 g/mol. The van der Waals surface area contributed by atoms with E-state index in [0.717, 1.165) is 11.1 Å². The van der Waals surface area contributed by atoms with E-state index < -0.39 is 0 Å². The maximum atomic E-state index is 13.7. The summed E-state index contributed by atoms with van der Waals surface area (Å²) in [6, 6.07) is 17.7. The fourth-order valence-corrected chi connectivity index (χ4v) is 4.51. The average molecular weight is 488 g/mol. The zero-order valence-electron chi connectivity index (χ0n) is 19.9. The van der Waals surface area contributed by atoms with Gasteiger partial charge in [-0.3, -0.25) is 4.79 Å². The van der Waals surface area contributed by atoms with Crippen LogP contribution in [0.15, 0.2) is 66.9 Å². The van der Waals surface area contributed by atoms with E-state index in [4.69, 9.17) is 9.72 Å². The van der Waals surface area contributed by atoms with Gasteiger partial charge in [0.2, 0.25) is 0 Å². The van der Waals surface area contributed by atoms with Gasteiger partial charge in [0.05, 0.1) is 36.5 Å². The third-order valence-electron chi connectivity index (χ3n) is 6.41. The van der Waals surface area contributed by atoms with Gasteiger partial charge in [0.1, 0.15) is 5.82 Å². The number of nitrogens with zero attached hydrogens (tertiary/aromatic N) is 4. The van der Waals surface area contributed by atoms with Gasteiger partial charge in [-0.2, -0.15) is 5.10 Å². The van der Waals surface area contributed by atoms with Crippen molar-refractivity contribution in [1.29, 1.82) is 0 Å². The molecule has 0 saturated carbocycles. The van der Waals surface area contributed by atoms with Crippen LogP contribution < -0.4 is 5.32 Å². The van der Waals surface area contributed by atoms with Crippen LogP contribution in [0.4, 0.5) is 9.18 Å². The van der Waals surface area contributed by atoms with Crippen molar-refractivity contribution in [3.8, 4) is 11.3 Å². The van der Waals surface area contributed by atoms with Gasteiger partial charge in [-0.25, -0.2) is 18.9 Å². The molecular weight excluding hydrogens is 461 g/mol. The Hall–Kier alpha value is -4.27. The van der Waals surface area contributed by atoms with Gasteiger partial charge in [-0.1, -0.05) is 42.5 Å². The minimum atomic E-state index is -0.353. The number of piperidine rings is 1. The highest BCUT2D eigenvalue weighted by atomic mass is 19.1. The molecule has 9 heteroatoms. The van der Waals surface area contributed by atoms with Crippen LogP contribution in [0, 0.1) is 5.82 Å². The van der Waals surface area contributed by atoms with Crippen molar-refractivity contribution in [2.45, 2.75) is 25.4 Å². The largest absolute Gasteiger partial charge is 0.453 e. The van der Waals surface area contributed by atoms with Crippen molar-refractivity contribution >= 4 is 23.0 Å². The van der Waals surface area contributed by atoms with E-state index in [1.165, 1.54) is 19.2 Å². The zero-order valence-corrected chi connectivity index (χ0v) is 19.9. The summed E-state index contributed by atoms with van der Waals surface area (Å²) in [6.45, 7) is 1.36. The molecule has 36 heavy (non-hydrogen) atoms. The van der Waals surface area contributed by atoms with E-state index in [9.17, 15) is 14.0 Å². The number of hydrogen-bond acceptors (Lipinski definition) is 5. The summed E-state index contributed by atoms with van der Waals surface area (Å²) in [6.07, 6.45) is 2.55. The summed E-state index contributed by atoms with van der Waals surface area (Å²) < 4.78 is 20.2. The van der Waals surface area contributed by atoms with Crippen LogP contribution in [0.3, 0.4) is 0 Å². The molecule has 1 fully saturated rings. The van der Waals surface area contributed by atoms with Crippen LogP contribution >= 0.6 is 0 Å². The third-order valence-corrected chi connectivity index (χ3v) is 6.41. The predicted molar refractivity (Wildman–Crippen MR) is 133 cm³/mol. The Kier molecular flexibility index (Phi) is 6.62. The normalized spacial score (nSPS) is 14.1. The average Bonchev–Trinajstić information content (AvgIpc) is 3.31. The second-order valence-electron chi connectivity index (χ2n) is 8.80. The van der Waals surface area contributed by atoms with Gasteiger partial charge >= 0.3 is 6.09 Å². The van der Waals surface area contributed by atoms with Crippen molar-refractivity contribution < 1.29 is 18.7 Å². The highest BCUT2D eigenvalue weighted by Gasteiger charge is 2.26. The molecule has 0 radical (unpaired) electrons. The number of ether oxygens (including phenoxy) is 1. The van der Waals surface area contributed by atoms with Crippen LogP contribution in [0.1, 0.15) is 28.8 Å². The van der Waals surface area contributed by atoms with Gasteiger partial charge < -0.3 is 15.0 Å². The maximum absolute atomic E-state index is 13.7. The molecule has 2 aromatic heterocycles. The van der Waals surface area contributed by atoms with Crippen molar-refractivity contribution in [1.82, 2.24) is 25.0 Å². The summed E-state index contributed by atoms with van der Waals surface area (Å²) >= 11 is 0. The number of aromatic nitrogens is 3. The van der Waals surface area contributed by atoms with Crippen LogP contribution in [-0.4, -0.2) is 57.9 Å². The lowest BCUT2D eigenvalue weighted by Crippen LogP contribution is -2.46. The topological polar surface area (TPSA) is 89.3 Å². The standard InChI is InChI=1S/C27H26FN5O3/c1-36-27(35)32-12-10-21(11-13-32)30-26(34)22-15-24(19-7-3-2-4-8-19)31-25-23(22)16-29-33(25)17-18-6-5-9-20(28)14-18/h2-9,14-16,21H,10-13,17H2,1H3,(H,30,34). The number of benzene rings is 2. The number of amides is 2. The first-order valence-electron chi connectivity index (χ1n) is 11.8. The number of methoxy groups -OCH3 is 1. The molecule has 0 spiro atoms. The third kappa shape index (κ3) is 4.91. The summed E-state index contributed by atoms with van der Waals surface area (Å²) in [5.41, 5.74) is 3.29. The van der Waals surface area contributed by atoms with Crippen molar-refractivity contribution in [3.63, 3.8) is 0 Å². The zero-order chi connectivity index (χ0) is 25.1. The van der Waals surface area contributed by atoms with E-state index in [1.807, 2.05) is 36.4 Å². The SMILES string of the molecule is COC(=O)N1CCC(NC(=O)c2cc(-c3ccccc3)nc3c2cnn3Cc2cccc(F)c2)CC1. The molecule has 5 rings (SSSR count). The lowest BCUT2D eigenvalue weighted by molar-refractivity contribution is 0.0893. The highest BCUT2D eigenvalue weighted by Crippen LogP contribution is 2.26.